The maximum atomic E-state index is 5.82. The molecule has 3 nitrogen and oxygen atoms in total. The predicted octanol–water partition coefficient (Wildman–Crippen LogP) is 0.834. The first-order valence-corrected chi connectivity index (χ1v) is 5.86. The van der Waals surface area contributed by atoms with E-state index < -0.39 is 0 Å². The second-order valence-electron chi connectivity index (χ2n) is 4.80. The van der Waals surface area contributed by atoms with Crippen LogP contribution in [-0.4, -0.2) is 43.3 Å². The van der Waals surface area contributed by atoms with Gasteiger partial charge in [0, 0.05) is 13.1 Å². The van der Waals surface area contributed by atoms with Crippen LogP contribution in [0.5, 0.6) is 0 Å². The molecule has 3 heteroatoms. The van der Waals surface area contributed by atoms with Gasteiger partial charge in [-0.05, 0) is 45.2 Å². The van der Waals surface area contributed by atoms with E-state index >= 15 is 0 Å². The fourth-order valence-electron chi connectivity index (χ4n) is 2.58. The van der Waals surface area contributed by atoms with E-state index in [9.17, 15) is 0 Å². The molecular formula is C11H22N2O. The molecule has 2 fully saturated rings. The summed E-state index contributed by atoms with van der Waals surface area (Å²) in [6.45, 7) is 6.55. The summed E-state index contributed by atoms with van der Waals surface area (Å²) < 4.78 is 5.82. The van der Waals surface area contributed by atoms with Crippen LogP contribution in [0.2, 0.25) is 0 Å². The summed E-state index contributed by atoms with van der Waals surface area (Å²) in [5.74, 6) is 0.730. The molecule has 0 spiro atoms. The van der Waals surface area contributed by atoms with Crippen molar-refractivity contribution in [2.75, 3.05) is 26.2 Å². The predicted molar refractivity (Wildman–Crippen MR) is 57.2 cm³/mol. The number of ether oxygens (including phenoxy) is 1. The fraction of sp³-hybridized carbons (Fsp3) is 1.00. The maximum Gasteiger partial charge on any atom is 0.0706 e. The van der Waals surface area contributed by atoms with Crippen LogP contribution in [0.4, 0.5) is 0 Å². The average molecular weight is 198 g/mol. The van der Waals surface area contributed by atoms with E-state index in [1.165, 1.54) is 32.4 Å². The first-order valence-electron chi connectivity index (χ1n) is 5.86. The van der Waals surface area contributed by atoms with Crippen LogP contribution in [0, 0.1) is 5.92 Å². The Kier molecular flexibility index (Phi) is 3.42. The number of hydrogen-bond acceptors (Lipinski definition) is 3. The Morgan fingerprint density at radius 3 is 2.79 bits per heavy atom. The Bertz CT molecular complexity index is 186. The molecule has 3 unspecified atom stereocenters. The van der Waals surface area contributed by atoms with Crippen LogP contribution in [0.25, 0.3) is 0 Å². The molecule has 0 bridgehead atoms. The van der Waals surface area contributed by atoms with Crippen LogP contribution >= 0.6 is 0 Å². The van der Waals surface area contributed by atoms with E-state index in [-0.39, 0.29) is 0 Å². The summed E-state index contributed by atoms with van der Waals surface area (Å²) >= 11 is 0. The highest BCUT2D eigenvalue weighted by Gasteiger charge is 2.27. The Balaban J connectivity index is 1.71. The van der Waals surface area contributed by atoms with E-state index in [4.69, 9.17) is 10.5 Å². The number of nitrogens with two attached hydrogens (primary N) is 1. The summed E-state index contributed by atoms with van der Waals surface area (Å²) in [7, 11) is 0. The third kappa shape index (κ3) is 2.47. The minimum Gasteiger partial charge on any atom is -0.374 e. The molecule has 2 rings (SSSR count). The SMILES string of the molecule is CC1CCC(CN2CCC(CN)C2)O1. The van der Waals surface area contributed by atoms with Gasteiger partial charge in [-0.25, -0.2) is 0 Å². The van der Waals surface area contributed by atoms with Crippen molar-refractivity contribution in [1.82, 2.24) is 4.90 Å². The minimum atomic E-state index is 0.480. The quantitative estimate of drug-likeness (QED) is 0.730. The van der Waals surface area contributed by atoms with Gasteiger partial charge in [0.15, 0.2) is 0 Å². The summed E-state index contributed by atoms with van der Waals surface area (Å²) in [6, 6.07) is 0. The van der Waals surface area contributed by atoms with Crippen LogP contribution < -0.4 is 5.73 Å². The summed E-state index contributed by atoms with van der Waals surface area (Å²) in [4.78, 5) is 2.51. The number of rotatable bonds is 3. The molecule has 2 N–H and O–H groups in total. The van der Waals surface area contributed by atoms with Gasteiger partial charge in [0.2, 0.25) is 0 Å². The molecule has 0 radical (unpaired) electrons. The monoisotopic (exact) mass is 198 g/mol. The maximum absolute atomic E-state index is 5.82. The lowest BCUT2D eigenvalue weighted by Crippen LogP contribution is -2.31. The van der Waals surface area contributed by atoms with E-state index in [2.05, 4.69) is 11.8 Å². The molecule has 14 heavy (non-hydrogen) atoms. The normalized spacial score (nSPS) is 39.4. The van der Waals surface area contributed by atoms with Crippen LogP contribution in [0.3, 0.4) is 0 Å². The molecule has 2 saturated heterocycles. The van der Waals surface area contributed by atoms with Gasteiger partial charge < -0.3 is 15.4 Å². The molecule has 0 amide bonds. The van der Waals surface area contributed by atoms with Gasteiger partial charge in [-0.1, -0.05) is 0 Å². The minimum absolute atomic E-state index is 0.480. The highest BCUT2D eigenvalue weighted by Crippen LogP contribution is 2.22. The smallest absolute Gasteiger partial charge is 0.0706 e. The van der Waals surface area contributed by atoms with Gasteiger partial charge in [0.25, 0.3) is 0 Å². The zero-order valence-electron chi connectivity index (χ0n) is 9.11. The van der Waals surface area contributed by atoms with Crippen molar-refractivity contribution in [2.24, 2.45) is 11.7 Å². The van der Waals surface area contributed by atoms with Gasteiger partial charge >= 0.3 is 0 Å². The largest absolute Gasteiger partial charge is 0.374 e. The summed E-state index contributed by atoms with van der Waals surface area (Å²) in [5, 5.41) is 0. The first-order chi connectivity index (χ1) is 6.78. The van der Waals surface area contributed by atoms with Crippen molar-refractivity contribution < 1.29 is 4.74 Å². The van der Waals surface area contributed by atoms with Gasteiger partial charge in [0.05, 0.1) is 12.2 Å². The lowest BCUT2D eigenvalue weighted by Gasteiger charge is -2.20. The Morgan fingerprint density at radius 1 is 1.36 bits per heavy atom. The lowest BCUT2D eigenvalue weighted by atomic mass is 10.1. The van der Waals surface area contributed by atoms with Crippen LogP contribution in [0.15, 0.2) is 0 Å². The fourth-order valence-corrected chi connectivity index (χ4v) is 2.58. The third-order valence-electron chi connectivity index (χ3n) is 3.49. The van der Waals surface area contributed by atoms with Crippen molar-refractivity contribution in [1.29, 1.82) is 0 Å². The molecule has 3 atom stereocenters. The Hall–Kier alpha value is -0.120. The van der Waals surface area contributed by atoms with Gasteiger partial charge in [-0.15, -0.1) is 0 Å². The van der Waals surface area contributed by atoms with Crippen LogP contribution in [0.1, 0.15) is 26.2 Å². The number of nitrogens with zero attached hydrogens (tertiary/aromatic N) is 1. The molecule has 82 valence electrons. The van der Waals surface area contributed by atoms with Gasteiger partial charge in [-0.2, -0.15) is 0 Å². The van der Waals surface area contributed by atoms with Crippen molar-refractivity contribution in [3.8, 4) is 0 Å². The standard InChI is InChI=1S/C11H22N2O/c1-9-2-3-11(14-9)8-13-5-4-10(6-12)7-13/h9-11H,2-8,12H2,1H3. The first kappa shape index (κ1) is 10.4. The van der Waals surface area contributed by atoms with Crippen molar-refractivity contribution in [3.63, 3.8) is 0 Å². The molecule has 0 aromatic carbocycles. The summed E-state index contributed by atoms with van der Waals surface area (Å²) in [6.07, 6.45) is 4.72. The van der Waals surface area contributed by atoms with E-state index in [1.807, 2.05) is 0 Å². The molecular weight excluding hydrogens is 176 g/mol. The summed E-state index contributed by atoms with van der Waals surface area (Å²) in [5.41, 5.74) is 5.67. The third-order valence-corrected chi connectivity index (χ3v) is 3.49. The van der Waals surface area contributed by atoms with E-state index in [0.29, 0.717) is 12.2 Å². The van der Waals surface area contributed by atoms with Crippen molar-refractivity contribution in [3.05, 3.63) is 0 Å². The second kappa shape index (κ2) is 4.60. The average Bonchev–Trinajstić information content (AvgIpc) is 2.76. The Labute approximate surface area is 86.6 Å². The molecule has 2 heterocycles. The molecule has 2 aliphatic heterocycles. The highest BCUT2D eigenvalue weighted by molar-refractivity contribution is 4.80. The van der Waals surface area contributed by atoms with Gasteiger partial charge in [-0.3, -0.25) is 0 Å². The van der Waals surface area contributed by atoms with Gasteiger partial charge in [0.1, 0.15) is 0 Å². The molecule has 0 aromatic heterocycles. The van der Waals surface area contributed by atoms with Crippen LogP contribution in [-0.2, 0) is 4.74 Å². The molecule has 0 aromatic rings. The van der Waals surface area contributed by atoms with E-state index in [0.717, 1.165) is 19.0 Å². The zero-order chi connectivity index (χ0) is 9.97. The van der Waals surface area contributed by atoms with E-state index in [1.54, 1.807) is 0 Å². The Morgan fingerprint density at radius 2 is 2.21 bits per heavy atom. The number of hydrogen-bond donors (Lipinski definition) is 1. The zero-order valence-corrected chi connectivity index (χ0v) is 9.11. The topological polar surface area (TPSA) is 38.5 Å². The number of likely N-dealkylation sites (tertiary alicyclic amines) is 1. The van der Waals surface area contributed by atoms with Crippen molar-refractivity contribution in [2.45, 2.75) is 38.4 Å². The molecule has 2 aliphatic rings. The second-order valence-corrected chi connectivity index (χ2v) is 4.80. The molecule has 0 saturated carbocycles. The highest BCUT2D eigenvalue weighted by atomic mass is 16.5. The molecule has 0 aliphatic carbocycles. The van der Waals surface area contributed by atoms with Crippen molar-refractivity contribution >= 4 is 0 Å². The lowest BCUT2D eigenvalue weighted by molar-refractivity contribution is 0.0355.